The molecule has 0 bridgehead atoms. The van der Waals surface area contributed by atoms with Crippen LogP contribution in [0.4, 0.5) is 0 Å². The van der Waals surface area contributed by atoms with Crippen molar-refractivity contribution in [3.05, 3.63) is 71.3 Å². The maximum absolute atomic E-state index is 12.1. The molecule has 0 saturated carbocycles. The normalized spacial score (nSPS) is 10.5. The van der Waals surface area contributed by atoms with Crippen LogP contribution in [0.3, 0.4) is 0 Å². The van der Waals surface area contributed by atoms with Crippen molar-refractivity contribution in [2.24, 2.45) is 0 Å². The van der Waals surface area contributed by atoms with Gasteiger partial charge in [-0.05, 0) is 43.9 Å². The van der Waals surface area contributed by atoms with Crippen molar-refractivity contribution >= 4 is 11.8 Å². The first-order valence-corrected chi connectivity index (χ1v) is 7.91. The number of carbonyl (C=O) groups excluding carboxylic acids is 2. The third-order valence-electron chi connectivity index (χ3n) is 3.55. The third-order valence-corrected chi connectivity index (χ3v) is 3.55. The second-order valence-electron chi connectivity index (χ2n) is 5.80. The molecule has 0 saturated heterocycles. The standard InChI is InChI=1S/C19H23N3O2/c1-22(2)13-12-20-18(23)16-8-10-17(11-9-16)19(24)21-14-15-6-4-3-5-7-15/h3-11H,12-14H2,1-2H3,(H,20,23)(H,21,24). The number of hydrogen-bond acceptors (Lipinski definition) is 3. The second-order valence-corrected chi connectivity index (χ2v) is 5.80. The molecule has 0 spiro atoms. The van der Waals surface area contributed by atoms with E-state index in [4.69, 9.17) is 0 Å². The van der Waals surface area contributed by atoms with Crippen LogP contribution in [0.15, 0.2) is 54.6 Å². The minimum Gasteiger partial charge on any atom is -0.351 e. The zero-order valence-electron chi connectivity index (χ0n) is 14.1. The lowest BCUT2D eigenvalue weighted by atomic mass is 10.1. The number of likely N-dealkylation sites (N-methyl/N-ethyl adjacent to an activating group) is 1. The van der Waals surface area contributed by atoms with Crippen LogP contribution < -0.4 is 10.6 Å². The van der Waals surface area contributed by atoms with Crippen LogP contribution in [0.1, 0.15) is 26.3 Å². The van der Waals surface area contributed by atoms with E-state index in [0.717, 1.165) is 12.1 Å². The van der Waals surface area contributed by atoms with Gasteiger partial charge in [0.2, 0.25) is 0 Å². The molecule has 126 valence electrons. The van der Waals surface area contributed by atoms with Crippen LogP contribution in [-0.2, 0) is 6.54 Å². The highest BCUT2D eigenvalue weighted by Crippen LogP contribution is 2.05. The Hall–Kier alpha value is -2.66. The Kier molecular flexibility index (Phi) is 6.51. The van der Waals surface area contributed by atoms with Gasteiger partial charge >= 0.3 is 0 Å². The van der Waals surface area contributed by atoms with Gasteiger partial charge in [0, 0.05) is 30.8 Å². The monoisotopic (exact) mass is 325 g/mol. The molecule has 0 radical (unpaired) electrons. The number of carbonyl (C=O) groups is 2. The highest BCUT2D eigenvalue weighted by atomic mass is 16.2. The van der Waals surface area contributed by atoms with Gasteiger partial charge in [0.1, 0.15) is 0 Å². The van der Waals surface area contributed by atoms with Crippen LogP contribution in [0.2, 0.25) is 0 Å². The summed E-state index contributed by atoms with van der Waals surface area (Å²) in [5.74, 6) is -0.286. The average molecular weight is 325 g/mol. The maximum atomic E-state index is 12.1. The van der Waals surface area contributed by atoms with E-state index in [2.05, 4.69) is 10.6 Å². The maximum Gasteiger partial charge on any atom is 0.251 e. The molecule has 0 unspecified atom stereocenters. The SMILES string of the molecule is CN(C)CCNC(=O)c1ccc(C(=O)NCc2ccccc2)cc1. The second kappa shape index (κ2) is 8.84. The fourth-order valence-corrected chi connectivity index (χ4v) is 2.15. The minimum atomic E-state index is -0.154. The van der Waals surface area contributed by atoms with E-state index < -0.39 is 0 Å². The molecular weight excluding hydrogens is 302 g/mol. The van der Waals surface area contributed by atoms with E-state index in [0.29, 0.717) is 24.2 Å². The molecule has 5 heteroatoms. The Labute approximate surface area is 142 Å². The zero-order chi connectivity index (χ0) is 17.4. The first-order valence-electron chi connectivity index (χ1n) is 7.91. The first-order chi connectivity index (χ1) is 11.6. The Morgan fingerprint density at radius 3 is 1.92 bits per heavy atom. The van der Waals surface area contributed by atoms with Crippen LogP contribution in [0.25, 0.3) is 0 Å². The summed E-state index contributed by atoms with van der Waals surface area (Å²) in [5, 5.41) is 5.71. The van der Waals surface area contributed by atoms with E-state index in [1.807, 2.05) is 49.3 Å². The van der Waals surface area contributed by atoms with E-state index in [-0.39, 0.29) is 11.8 Å². The van der Waals surface area contributed by atoms with Crippen molar-refractivity contribution in [2.75, 3.05) is 27.2 Å². The van der Waals surface area contributed by atoms with E-state index in [1.54, 1.807) is 24.3 Å². The Morgan fingerprint density at radius 2 is 1.38 bits per heavy atom. The van der Waals surface area contributed by atoms with Gasteiger partial charge in [0.05, 0.1) is 0 Å². The minimum absolute atomic E-state index is 0.131. The number of nitrogens with one attached hydrogen (secondary N) is 2. The van der Waals surface area contributed by atoms with Crippen molar-refractivity contribution in [3.8, 4) is 0 Å². The van der Waals surface area contributed by atoms with Crippen LogP contribution in [0.5, 0.6) is 0 Å². The lowest BCUT2D eigenvalue weighted by Gasteiger charge is -2.10. The Morgan fingerprint density at radius 1 is 0.833 bits per heavy atom. The zero-order valence-corrected chi connectivity index (χ0v) is 14.1. The Bertz CT molecular complexity index is 667. The number of nitrogens with zero attached hydrogens (tertiary/aromatic N) is 1. The molecule has 2 amide bonds. The van der Waals surface area contributed by atoms with Gasteiger partial charge in [-0.1, -0.05) is 30.3 Å². The fourth-order valence-electron chi connectivity index (χ4n) is 2.15. The number of benzene rings is 2. The smallest absolute Gasteiger partial charge is 0.251 e. The summed E-state index contributed by atoms with van der Waals surface area (Å²) in [6, 6.07) is 16.4. The molecule has 0 atom stereocenters. The van der Waals surface area contributed by atoms with Gasteiger partial charge in [-0.25, -0.2) is 0 Å². The highest BCUT2D eigenvalue weighted by Gasteiger charge is 2.08. The molecule has 2 aromatic rings. The van der Waals surface area contributed by atoms with Crippen molar-refractivity contribution in [3.63, 3.8) is 0 Å². The van der Waals surface area contributed by atoms with E-state index in [1.165, 1.54) is 0 Å². The number of amides is 2. The van der Waals surface area contributed by atoms with Gasteiger partial charge in [0.15, 0.2) is 0 Å². The first kappa shape index (κ1) is 17.7. The predicted molar refractivity (Wildman–Crippen MR) is 94.9 cm³/mol. The molecule has 0 aliphatic carbocycles. The fraction of sp³-hybridized carbons (Fsp3) is 0.263. The molecule has 0 fully saturated rings. The molecule has 0 heterocycles. The summed E-state index contributed by atoms with van der Waals surface area (Å²) in [7, 11) is 3.91. The summed E-state index contributed by atoms with van der Waals surface area (Å²) < 4.78 is 0. The predicted octanol–water partition coefficient (Wildman–Crippen LogP) is 1.91. The molecule has 5 nitrogen and oxygen atoms in total. The number of hydrogen-bond donors (Lipinski definition) is 2. The molecule has 2 N–H and O–H groups in total. The van der Waals surface area contributed by atoms with E-state index >= 15 is 0 Å². The summed E-state index contributed by atoms with van der Waals surface area (Å²) in [4.78, 5) is 26.1. The topological polar surface area (TPSA) is 61.4 Å². The summed E-state index contributed by atoms with van der Waals surface area (Å²) in [6.45, 7) is 1.85. The molecule has 24 heavy (non-hydrogen) atoms. The van der Waals surface area contributed by atoms with Gasteiger partial charge in [-0.15, -0.1) is 0 Å². The van der Waals surface area contributed by atoms with Crippen LogP contribution in [-0.4, -0.2) is 43.9 Å². The van der Waals surface area contributed by atoms with Crippen molar-refractivity contribution in [2.45, 2.75) is 6.54 Å². The molecule has 0 aliphatic heterocycles. The summed E-state index contributed by atoms with van der Waals surface area (Å²) in [6.07, 6.45) is 0. The summed E-state index contributed by atoms with van der Waals surface area (Å²) >= 11 is 0. The molecule has 0 aliphatic rings. The van der Waals surface area contributed by atoms with Crippen molar-refractivity contribution in [1.82, 2.24) is 15.5 Å². The average Bonchev–Trinajstić information content (AvgIpc) is 2.60. The molecule has 2 aromatic carbocycles. The van der Waals surface area contributed by atoms with Crippen molar-refractivity contribution < 1.29 is 9.59 Å². The molecule has 0 aromatic heterocycles. The van der Waals surface area contributed by atoms with Gasteiger partial charge in [-0.2, -0.15) is 0 Å². The van der Waals surface area contributed by atoms with Crippen LogP contribution >= 0.6 is 0 Å². The van der Waals surface area contributed by atoms with Gasteiger partial charge in [0.25, 0.3) is 11.8 Å². The van der Waals surface area contributed by atoms with Gasteiger partial charge < -0.3 is 15.5 Å². The largest absolute Gasteiger partial charge is 0.351 e. The molecule has 2 rings (SSSR count). The summed E-state index contributed by atoms with van der Waals surface area (Å²) in [5.41, 5.74) is 2.13. The quantitative estimate of drug-likeness (QED) is 0.817. The third kappa shape index (κ3) is 5.52. The van der Waals surface area contributed by atoms with Crippen molar-refractivity contribution in [1.29, 1.82) is 0 Å². The van der Waals surface area contributed by atoms with Gasteiger partial charge in [-0.3, -0.25) is 9.59 Å². The lowest BCUT2D eigenvalue weighted by molar-refractivity contribution is 0.0939. The molecular formula is C19H23N3O2. The highest BCUT2D eigenvalue weighted by molar-refractivity contribution is 5.97. The number of rotatable bonds is 7. The lowest BCUT2D eigenvalue weighted by Crippen LogP contribution is -2.31. The Balaban J connectivity index is 1.86. The van der Waals surface area contributed by atoms with E-state index in [9.17, 15) is 9.59 Å². The van der Waals surface area contributed by atoms with Crippen LogP contribution in [0, 0.1) is 0 Å².